The monoisotopic (exact) mass is 122 g/mol. The highest BCUT2D eigenvalue weighted by molar-refractivity contribution is 6.17. The van der Waals surface area contributed by atoms with Gasteiger partial charge >= 0.3 is 0 Å². The van der Waals surface area contributed by atoms with Crippen LogP contribution in [0.4, 0.5) is 0 Å². The Hall–Kier alpha value is 0.250. The summed E-state index contributed by atoms with van der Waals surface area (Å²) in [6.07, 6.45) is 0.915. The van der Waals surface area contributed by atoms with Crippen LogP contribution in [-0.2, 0) is 0 Å². The van der Waals surface area contributed by atoms with Crippen LogP contribution in [0.3, 0.4) is 0 Å². The quantitative estimate of drug-likeness (QED) is 0.559. The summed E-state index contributed by atoms with van der Waals surface area (Å²) < 4.78 is 0. The van der Waals surface area contributed by atoms with Crippen molar-refractivity contribution in [1.82, 2.24) is 0 Å². The summed E-state index contributed by atoms with van der Waals surface area (Å²) in [5.41, 5.74) is 0. The molecule has 0 spiro atoms. The molecule has 7 heavy (non-hydrogen) atoms. The van der Waals surface area contributed by atoms with Gasteiger partial charge in [-0.1, -0.05) is 6.92 Å². The van der Waals surface area contributed by atoms with Crippen LogP contribution in [0.1, 0.15) is 13.3 Å². The summed E-state index contributed by atoms with van der Waals surface area (Å²) >= 11 is 5.36. The van der Waals surface area contributed by atoms with Crippen LogP contribution >= 0.6 is 11.6 Å². The first-order valence-corrected chi connectivity index (χ1v) is 3.01. The normalized spacial score (nSPS) is 14.1. The maximum atomic E-state index is 8.41. The zero-order chi connectivity index (χ0) is 5.70. The highest BCUT2D eigenvalue weighted by Crippen LogP contribution is 1.99. The summed E-state index contributed by atoms with van der Waals surface area (Å²) in [5, 5.41) is 8.41. The third-order valence-corrected chi connectivity index (χ3v) is 1.13. The van der Waals surface area contributed by atoms with E-state index in [1.165, 1.54) is 0 Å². The Bertz CT molecular complexity index is 39.1. The lowest BCUT2D eigenvalue weighted by atomic mass is 10.1. The maximum Gasteiger partial charge on any atom is 0.0457 e. The average molecular weight is 123 g/mol. The third-order valence-electron chi connectivity index (χ3n) is 0.914. The second-order valence-electron chi connectivity index (χ2n) is 1.77. The lowest BCUT2D eigenvalue weighted by molar-refractivity contribution is 0.235. The van der Waals surface area contributed by atoms with Gasteiger partial charge in [0.2, 0.25) is 0 Å². The number of aliphatic hydroxyl groups excluding tert-OH is 1. The van der Waals surface area contributed by atoms with E-state index in [0.29, 0.717) is 11.8 Å². The molecule has 0 aromatic carbocycles. The van der Waals surface area contributed by atoms with Crippen LogP contribution in [0.25, 0.3) is 0 Å². The number of hydrogen-bond donors (Lipinski definition) is 1. The summed E-state index contributed by atoms with van der Waals surface area (Å²) in [6.45, 7) is 2.23. The number of halogens is 1. The molecule has 1 atom stereocenters. The van der Waals surface area contributed by atoms with E-state index in [2.05, 4.69) is 0 Å². The van der Waals surface area contributed by atoms with Crippen molar-refractivity contribution in [2.24, 2.45) is 5.92 Å². The number of alkyl halides is 1. The fraction of sp³-hybridized carbons (Fsp3) is 1.00. The molecule has 0 aromatic rings. The first-order chi connectivity index (χ1) is 3.31. The first kappa shape index (κ1) is 7.25. The Labute approximate surface area is 49.3 Å². The van der Waals surface area contributed by atoms with E-state index in [-0.39, 0.29) is 6.61 Å². The van der Waals surface area contributed by atoms with E-state index < -0.39 is 0 Å². The zero-order valence-electron chi connectivity index (χ0n) is 4.52. The van der Waals surface area contributed by atoms with Crippen LogP contribution < -0.4 is 0 Å². The second-order valence-corrected chi connectivity index (χ2v) is 2.14. The van der Waals surface area contributed by atoms with Gasteiger partial charge in [0, 0.05) is 12.5 Å². The molecular weight excluding hydrogens is 112 g/mol. The SMILES string of the molecule is C[C@H](CO)CCCl. The van der Waals surface area contributed by atoms with E-state index in [1.807, 2.05) is 6.92 Å². The van der Waals surface area contributed by atoms with E-state index >= 15 is 0 Å². The van der Waals surface area contributed by atoms with Crippen molar-refractivity contribution in [2.45, 2.75) is 13.3 Å². The molecule has 0 saturated carbocycles. The van der Waals surface area contributed by atoms with Crippen LogP contribution in [0.2, 0.25) is 0 Å². The highest BCUT2D eigenvalue weighted by Gasteiger charge is 1.94. The molecule has 1 nitrogen and oxygen atoms in total. The molecule has 0 unspecified atom stereocenters. The van der Waals surface area contributed by atoms with Crippen molar-refractivity contribution in [3.63, 3.8) is 0 Å². The molecule has 44 valence electrons. The van der Waals surface area contributed by atoms with E-state index in [4.69, 9.17) is 16.7 Å². The molecule has 0 radical (unpaired) electrons. The smallest absolute Gasteiger partial charge is 0.0457 e. The summed E-state index contributed by atoms with van der Waals surface area (Å²) in [4.78, 5) is 0. The van der Waals surface area contributed by atoms with Crippen LogP contribution in [0.15, 0.2) is 0 Å². The summed E-state index contributed by atoms with van der Waals surface area (Å²) in [6, 6.07) is 0. The van der Waals surface area contributed by atoms with Crippen LogP contribution in [-0.4, -0.2) is 17.6 Å². The molecule has 0 aliphatic rings. The Morgan fingerprint density at radius 2 is 2.29 bits per heavy atom. The van der Waals surface area contributed by atoms with E-state index in [1.54, 1.807) is 0 Å². The van der Waals surface area contributed by atoms with Gasteiger partial charge in [-0.3, -0.25) is 0 Å². The fourth-order valence-electron chi connectivity index (χ4n) is 0.278. The van der Waals surface area contributed by atoms with Crippen molar-refractivity contribution in [3.05, 3.63) is 0 Å². The molecule has 0 heterocycles. The fourth-order valence-corrected chi connectivity index (χ4v) is 0.650. The lowest BCUT2D eigenvalue weighted by Crippen LogP contribution is -1.99. The van der Waals surface area contributed by atoms with Crippen molar-refractivity contribution in [2.75, 3.05) is 12.5 Å². The maximum absolute atomic E-state index is 8.41. The summed E-state index contributed by atoms with van der Waals surface area (Å²) in [5.74, 6) is 1.03. The molecule has 0 aliphatic heterocycles. The molecule has 2 heteroatoms. The van der Waals surface area contributed by atoms with Gasteiger partial charge in [-0.05, 0) is 12.3 Å². The molecule has 0 saturated heterocycles. The topological polar surface area (TPSA) is 20.2 Å². The molecule has 0 bridgehead atoms. The Kier molecular flexibility index (Phi) is 4.57. The number of rotatable bonds is 3. The van der Waals surface area contributed by atoms with Gasteiger partial charge in [0.15, 0.2) is 0 Å². The molecular formula is C5H11ClO. The predicted octanol–water partition coefficient (Wildman–Crippen LogP) is 1.24. The minimum atomic E-state index is 0.257. The molecule has 0 rings (SSSR count). The number of hydrogen-bond acceptors (Lipinski definition) is 1. The lowest BCUT2D eigenvalue weighted by Gasteiger charge is -2.00. The van der Waals surface area contributed by atoms with E-state index in [0.717, 1.165) is 6.42 Å². The van der Waals surface area contributed by atoms with Crippen molar-refractivity contribution in [1.29, 1.82) is 0 Å². The largest absolute Gasteiger partial charge is 0.396 e. The Morgan fingerprint density at radius 1 is 1.71 bits per heavy atom. The third kappa shape index (κ3) is 4.10. The van der Waals surface area contributed by atoms with Gasteiger partial charge in [-0.2, -0.15) is 0 Å². The van der Waals surface area contributed by atoms with Gasteiger partial charge in [-0.15, -0.1) is 11.6 Å². The average Bonchev–Trinajstić information content (AvgIpc) is 1.68. The molecule has 0 amide bonds. The van der Waals surface area contributed by atoms with Crippen molar-refractivity contribution < 1.29 is 5.11 Å². The van der Waals surface area contributed by atoms with E-state index in [9.17, 15) is 0 Å². The standard InChI is InChI=1S/C5H11ClO/c1-5(4-7)2-3-6/h5,7H,2-4H2,1H3/t5-/m0/s1. The minimum absolute atomic E-state index is 0.257. The van der Waals surface area contributed by atoms with Crippen molar-refractivity contribution in [3.8, 4) is 0 Å². The second kappa shape index (κ2) is 4.41. The zero-order valence-corrected chi connectivity index (χ0v) is 5.28. The first-order valence-electron chi connectivity index (χ1n) is 2.48. The summed E-state index contributed by atoms with van der Waals surface area (Å²) in [7, 11) is 0. The van der Waals surface area contributed by atoms with Gasteiger partial charge in [0.05, 0.1) is 0 Å². The number of aliphatic hydroxyl groups is 1. The van der Waals surface area contributed by atoms with Gasteiger partial charge < -0.3 is 5.11 Å². The Balaban J connectivity index is 2.83. The Morgan fingerprint density at radius 3 is 2.43 bits per heavy atom. The van der Waals surface area contributed by atoms with Crippen LogP contribution in [0.5, 0.6) is 0 Å². The minimum Gasteiger partial charge on any atom is -0.396 e. The molecule has 0 aliphatic carbocycles. The van der Waals surface area contributed by atoms with Crippen molar-refractivity contribution >= 4 is 11.6 Å². The highest BCUT2D eigenvalue weighted by atomic mass is 35.5. The molecule has 0 fully saturated rings. The molecule has 0 aromatic heterocycles. The van der Waals surface area contributed by atoms with Crippen LogP contribution in [0, 0.1) is 5.92 Å². The van der Waals surface area contributed by atoms with Gasteiger partial charge in [0.25, 0.3) is 0 Å². The van der Waals surface area contributed by atoms with Gasteiger partial charge in [0.1, 0.15) is 0 Å². The van der Waals surface area contributed by atoms with Gasteiger partial charge in [-0.25, -0.2) is 0 Å². The predicted molar refractivity (Wildman–Crippen MR) is 31.6 cm³/mol. The molecule has 1 N–H and O–H groups in total.